The molecular formula is C14H20ClN5. The van der Waals surface area contributed by atoms with Gasteiger partial charge in [0.05, 0.1) is 11.4 Å². The lowest BCUT2D eigenvalue weighted by molar-refractivity contribution is 0.435. The quantitative estimate of drug-likeness (QED) is 0.832. The summed E-state index contributed by atoms with van der Waals surface area (Å²) in [7, 11) is 0. The number of halogens is 1. The Labute approximate surface area is 124 Å². The number of anilines is 1. The van der Waals surface area contributed by atoms with Crippen LogP contribution in [0.4, 0.5) is 5.69 Å². The summed E-state index contributed by atoms with van der Waals surface area (Å²) in [5, 5.41) is 11.7. The smallest absolute Gasteiger partial charge is 0.138 e. The van der Waals surface area contributed by atoms with Gasteiger partial charge in [-0.25, -0.2) is 9.67 Å². The number of aromatic nitrogens is 3. The van der Waals surface area contributed by atoms with E-state index >= 15 is 0 Å². The average molecular weight is 294 g/mol. The van der Waals surface area contributed by atoms with Crippen LogP contribution in [0, 0.1) is 0 Å². The Kier molecular flexibility index (Phi) is 4.62. The van der Waals surface area contributed by atoms with Crippen molar-refractivity contribution in [1.82, 2.24) is 20.1 Å². The summed E-state index contributed by atoms with van der Waals surface area (Å²) in [5.74, 6) is 0. The van der Waals surface area contributed by atoms with Crippen LogP contribution >= 0.6 is 11.6 Å². The van der Waals surface area contributed by atoms with Gasteiger partial charge in [0.15, 0.2) is 0 Å². The van der Waals surface area contributed by atoms with E-state index in [1.165, 1.54) is 6.33 Å². The monoisotopic (exact) mass is 293 g/mol. The molecule has 0 aliphatic heterocycles. The third kappa shape index (κ3) is 4.21. The van der Waals surface area contributed by atoms with E-state index in [1.807, 2.05) is 18.2 Å². The van der Waals surface area contributed by atoms with Gasteiger partial charge in [-0.05, 0) is 39.0 Å². The van der Waals surface area contributed by atoms with Gasteiger partial charge in [-0.1, -0.05) is 11.6 Å². The fraction of sp³-hybridized carbons (Fsp3) is 0.429. The molecule has 1 heterocycles. The molecule has 0 bridgehead atoms. The number of nitrogens with one attached hydrogen (secondary N) is 2. The van der Waals surface area contributed by atoms with Crippen LogP contribution in [-0.4, -0.2) is 33.4 Å². The van der Waals surface area contributed by atoms with Gasteiger partial charge in [0.2, 0.25) is 0 Å². The van der Waals surface area contributed by atoms with E-state index in [4.69, 9.17) is 11.6 Å². The van der Waals surface area contributed by atoms with E-state index in [2.05, 4.69) is 41.5 Å². The highest BCUT2D eigenvalue weighted by molar-refractivity contribution is 6.31. The van der Waals surface area contributed by atoms with Crippen molar-refractivity contribution in [2.24, 2.45) is 0 Å². The van der Waals surface area contributed by atoms with E-state index in [1.54, 1.807) is 11.0 Å². The first-order valence-corrected chi connectivity index (χ1v) is 6.97. The van der Waals surface area contributed by atoms with Crippen LogP contribution in [0.1, 0.15) is 20.8 Å². The van der Waals surface area contributed by atoms with Gasteiger partial charge in [0.1, 0.15) is 12.7 Å². The van der Waals surface area contributed by atoms with Gasteiger partial charge in [0.25, 0.3) is 0 Å². The van der Waals surface area contributed by atoms with E-state index < -0.39 is 0 Å². The minimum atomic E-state index is 0.116. The molecule has 2 rings (SSSR count). The molecule has 20 heavy (non-hydrogen) atoms. The van der Waals surface area contributed by atoms with Crippen molar-refractivity contribution >= 4 is 17.3 Å². The second-order valence-corrected chi connectivity index (χ2v) is 6.04. The zero-order valence-corrected chi connectivity index (χ0v) is 12.8. The Morgan fingerprint density at radius 3 is 2.70 bits per heavy atom. The predicted octanol–water partition coefficient (Wildman–Crippen LogP) is 2.72. The van der Waals surface area contributed by atoms with Gasteiger partial charge in [-0.2, -0.15) is 5.10 Å². The second kappa shape index (κ2) is 6.24. The number of nitrogens with zero attached hydrogens (tertiary/aromatic N) is 3. The summed E-state index contributed by atoms with van der Waals surface area (Å²) in [6.45, 7) is 8.11. The van der Waals surface area contributed by atoms with Gasteiger partial charge < -0.3 is 10.6 Å². The van der Waals surface area contributed by atoms with Crippen molar-refractivity contribution < 1.29 is 0 Å². The van der Waals surface area contributed by atoms with Crippen molar-refractivity contribution in [1.29, 1.82) is 0 Å². The standard InChI is InChI=1S/C14H20ClN5/c1-14(2,3)18-7-6-17-12-8-11(15)4-5-13(12)20-10-16-9-19-20/h4-5,8-10,17-18H,6-7H2,1-3H3. The van der Waals surface area contributed by atoms with Crippen molar-refractivity contribution in [3.8, 4) is 5.69 Å². The third-order valence-corrected chi connectivity index (χ3v) is 2.96. The maximum absolute atomic E-state index is 6.06. The molecule has 5 nitrogen and oxygen atoms in total. The highest BCUT2D eigenvalue weighted by Gasteiger charge is 2.09. The van der Waals surface area contributed by atoms with E-state index in [0.717, 1.165) is 24.5 Å². The normalized spacial score (nSPS) is 11.6. The summed E-state index contributed by atoms with van der Waals surface area (Å²) < 4.78 is 1.72. The van der Waals surface area contributed by atoms with E-state index in [9.17, 15) is 0 Å². The summed E-state index contributed by atoms with van der Waals surface area (Å²) in [5.41, 5.74) is 1.99. The molecule has 0 radical (unpaired) electrons. The summed E-state index contributed by atoms with van der Waals surface area (Å²) in [6.07, 6.45) is 3.18. The molecule has 2 aromatic rings. The molecule has 0 atom stereocenters. The van der Waals surface area contributed by atoms with Gasteiger partial charge in [0, 0.05) is 23.7 Å². The fourth-order valence-electron chi connectivity index (χ4n) is 1.82. The molecule has 6 heteroatoms. The first-order chi connectivity index (χ1) is 9.46. The summed E-state index contributed by atoms with van der Waals surface area (Å²) >= 11 is 6.06. The molecule has 1 aromatic heterocycles. The minimum Gasteiger partial charge on any atom is -0.382 e. The average Bonchev–Trinajstić information content (AvgIpc) is 2.87. The maximum atomic E-state index is 6.06. The predicted molar refractivity (Wildman–Crippen MR) is 82.6 cm³/mol. The molecule has 0 aliphatic carbocycles. The zero-order chi connectivity index (χ0) is 14.6. The maximum Gasteiger partial charge on any atom is 0.138 e. The molecule has 0 unspecified atom stereocenters. The lowest BCUT2D eigenvalue weighted by atomic mass is 10.1. The Morgan fingerprint density at radius 2 is 2.05 bits per heavy atom. The van der Waals surface area contributed by atoms with Crippen molar-refractivity contribution in [3.63, 3.8) is 0 Å². The van der Waals surface area contributed by atoms with Crippen molar-refractivity contribution in [2.75, 3.05) is 18.4 Å². The molecule has 0 amide bonds. The molecule has 0 fully saturated rings. The molecule has 108 valence electrons. The van der Waals surface area contributed by atoms with Crippen LogP contribution in [0.15, 0.2) is 30.9 Å². The van der Waals surface area contributed by atoms with Crippen LogP contribution in [0.2, 0.25) is 5.02 Å². The van der Waals surface area contributed by atoms with E-state index in [-0.39, 0.29) is 5.54 Å². The molecule has 0 aliphatic rings. The second-order valence-electron chi connectivity index (χ2n) is 5.61. The van der Waals surface area contributed by atoms with Crippen molar-refractivity contribution in [3.05, 3.63) is 35.9 Å². The molecule has 1 aromatic carbocycles. The lowest BCUT2D eigenvalue weighted by Gasteiger charge is -2.21. The lowest BCUT2D eigenvalue weighted by Crippen LogP contribution is -2.38. The highest BCUT2D eigenvalue weighted by atomic mass is 35.5. The highest BCUT2D eigenvalue weighted by Crippen LogP contribution is 2.23. The Balaban J connectivity index is 2.05. The van der Waals surface area contributed by atoms with Crippen molar-refractivity contribution in [2.45, 2.75) is 26.3 Å². The number of hydrogen-bond donors (Lipinski definition) is 2. The van der Waals surface area contributed by atoms with Crippen LogP contribution in [-0.2, 0) is 0 Å². The number of rotatable bonds is 5. The Morgan fingerprint density at radius 1 is 1.25 bits per heavy atom. The van der Waals surface area contributed by atoms with Crippen LogP contribution < -0.4 is 10.6 Å². The van der Waals surface area contributed by atoms with Crippen LogP contribution in [0.5, 0.6) is 0 Å². The Bertz CT molecular complexity index is 545. The zero-order valence-electron chi connectivity index (χ0n) is 12.0. The SMILES string of the molecule is CC(C)(C)NCCNc1cc(Cl)ccc1-n1cncn1. The molecule has 0 spiro atoms. The molecule has 0 saturated heterocycles. The minimum absolute atomic E-state index is 0.116. The first-order valence-electron chi connectivity index (χ1n) is 6.59. The van der Waals surface area contributed by atoms with Crippen LogP contribution in [0.25, 0.3) is 5.69 Å². The number of benzene rings is 1. The summed E-state index contributed by atoms with van der Waals surface area (Å²) in [6, 6.07) is 5.67. The molecule has 0 saturated carbocycles. The fourth-order valence-corrected chi connectivity index (χ4v) is 1.99. The topological polar surface area (TPSA) is 54.8 Å². The summed E-state index contributed by atoms with van der Waals surface area (Å²) in [4.78, 5) is 3.97. The van der Waals surface area contributed by atoms with Gasteiger partial charge >= 0.3 is 0 Å². The van der Waals surface area contributed by atoms with E-state index in [0.29, 0.717) is 5.02 Å². The van der Waals surface area contributed by atoms with Gasteiger partial charge in [-0.15, -0.1) is 0 Å². The Hall–Kier alpha value is -1.59. The first kappa shape index (κ1) is 14.8. The number of hydrogen-bond acceptors (Lipinski definition) is 4. The van der Waals surface area contributed by atoms with Crippen LogP contribution in [0.3, 0.4) is 0 Å². The largest absolute Gasteiger partial charge is 0.382 e. The molecule has 2 N–H and O–H groups in total. The molecular weight excluding hydrogens is 274 g/mol. The van der Waals surface area contributed by atoms with Gasteiger partial charge in [-0.3, -0.25) is 0 Å². The third-order valence-electron chi connectivity index (χ3n) is 2.72.